The Kier molecular flexibility index (Phi) is 5.09. The van der Waals surface area contributed by atoms with Crippen LogP contribution in [-0.2, 0) is 4.79 Å². The Bertz CT molecular complexity index is 449. The average molecular weight is 279 g/mol. The Morgan fingerprint density at radius 2 is 2.15 bits per heavy atom. The Balaban J connectivity index is 1.84. The normalized spacial score (nSPS) is 23.6. The fourth-order valence-electron chi connectivity index (χ4n) is 2.64. The molecular formula is C15H22FN3O. The summed E-state index contributed by atoms with van der Waals surface area (Å²) in [5.41, 5.74) is 6.68. The van der Waals surface area contributed by atoms with Crippen LogP contribution in [0, 0.1) is 11.7 Å². The number of piperidine rings is 1. The van der Waals surface area contributed by atoms with Crippen LogP contribution < -0.4 is 11.1 Å². The lowest BCUT2D eigenvalue weighted by atomic mass is 9.91. The quantitative estimate of drug-likeness (QED) is 0.884. The van der Waals surface area contributed by atoms with E-state index in [1.165, 1.54) is 12.1 Å². The Hall–Kier alpha value is -1.46. The molecule has 0 radical (unpaired) electrons. The van der Waals surface area contributed by atoms with Gasteiger partial charge >= 0.3 is 0 Å². The van der Waals surface area contributed by atoms with Gasteiger partial charge in [0.15, 0.2) is 0 Å². The molecule has 2 atom stereocenters. The van der Waals surface area contributed by atoms with E-state index >= 15 is 0 Å². The zero-order chi connectivity index (χ0) is 14.5. The molecule has 2 unspecified atom stereocenters. The van der Waals surface area contributed by atoms with Gasteiger partial charge in [-0.25, -0.2) is 4.39 Å². The molecular weight excluding hydrogens is 257 g/mol. The van der Waals surface area contributed by atoms with Crippen molar-refractivity contribution in [3.8, 4) is 0 Å². The molecule has 5 heteroatoms. The van der Waals surface area contributed by atoms with Gasteiger partial charge in [0.05, 0.1) is 6.54 Å². The Morgan fingerprint density at radius 1 is 1.45 bits per heavy atom. The maximum absolute atomic E-state index is 12.8. The van der Waals surface area contributed by atoms with Gasteiger partial charge < -0.3 is 11.1 Å². The topological polar surface area (TPSA) is 58.4 Å². The molecule has 4 nitrogen and oxygen atoms in total. The molecule has 0 aliphatic carbocycles. The molecule has 1 amide bonds. The van der Waals surface area contributed by atoms with Crippen LogP contribution in [0.2, 0.25) is 0 Å². The first-order valence-electron chi connectivity index (χ1n) is 7.12. The molecule has 0 aromatic heterocycles. The van der Waals surface area contributed by atoms with E-state index in [4.69, 9.17) is 5.73 Å². The number of hydrogen-bond donors (Lipinski definition) is 2. The van der Waals surface area contributed by atoms with E-state index in [-0.39, 0.29) is 17.8 Å². The van der Waals surface area contributed by atoms with Crippen LogP contribution >= 0.6 is 0 Å². The second-order valence-corrected chi connectivity index (χ2v) is 5.41. The summed E-state index contributed by atoms with van der Waals surface area (Å²) < 4.78 is 12.8. The van der Waals surface area contributed by atoms with Crippen molar-refractivity contribution in [2.75, 3.05) is 25.0 Å². The van der Waals surface area contributed by atoms with Crippen molar-refractivity contribution in [3.05, 3.63) is 30.1 Å². The van der Waals surface area contributed by atoms with Crippen LogP contribution in [0.5, 0.6) is 0 Å². The molecule has 3 N–H and O–H groups in total. The van der Waals surface area contributed by atoms with E-state index in [1.807, 2.05) is 0 Å². The minimum atomic E-state index is -0.307. The number of carbonyl (C=O) groups excluding carboxylic acids is 1. The predicted molar refractivity (Wildman–Crippen MR) is 77.8 cm³/mol. The Morgan fingerprint density at radius 3 is 2.80 bits per heavy atom. The number of nitrogens with two attached hydrogens (primary N) is 1. The predicted octanol–water partition coefficient (Wildman–Crippen LogP) is 1.82. The SMILES string of the molecule is CCC1CN(CC(=O)Nc2ccc(F)cc2)CCC1N. The fraction of sp³-hybridized carbons (Fsp3) is 0.533. The zero-order valence-electron chi connectivity index (χ0n) is 11.8. The van der Waals surface area contributed by atoms with Crippen LogP contribution in [0.4, 0.5) is 10.1 Å². The van der Waals surface area contributed by atoms with Gasteiger partial charge in [0.1, 0.15) is 5.82 Å². The monoisotopic (exact) mass is 279 g/mol. The molecule has 1 aliphatic rings. The highest BCUT2D eigenvalue weighted by atomic mass is 19.1. The molecule has 20 heavy (non-hydrogen) atoms. The largest absolute Gasteiger partial charge is 0.327 e. The van der Waals surface area contributed by atoms with Crippen LogP contribution in [0.15, 0.2) is 24.3 Å². The number of halogens is 1. The summed E-state index contributed by atoms with van der Waals surface area (Å²) in [4.78, 5) is 14.1. The summed E-state index contributed by atoms with van der Waals surface area (Å²) in [5, 5.41) is 2.78. The Labute approximate surface area is 119 Å². The second-order valence-electron chi connectivity index (χ2n) is 5.41. The van der Waals surface area contributed by atoms with Gasteiger partial charge in [0.2, 0.25) is 5.91 Å². The van der Waals surface area contributed by atoms with Crippen molar-refractivity contribution in [1.82, 2.24) is 4.90 Å². The van der Waals surface area contributed by atoms with E-state index in [9.17, 15) is 9.18 Å². The third-order valence-corrected chi connectivity index (χ3v) is 3.90. The van der Waals surface area contributed by atoms with Crippen molar-refractivity contribution in [2.24, 2.45) is 11.7 Å². The zero-order valence-corrected chi connectivity index (χ0v) is 11.8. The van der Waals surface area contributed by atoms with Gasteiger partial charge in [-0.3, -0.25) is 9.69 Å². The molecule has 1 fully saturated rings. The summed E-state index contributed by atoms with van der Waals surface area (Å²) in [7, 11) is 0. The van der Waals surface area contributed by atoms with Crippen LogP contribution in [0.25, 0.3) is 0 Å². The molecule has 1 aromatic rings. The average Bonchev–Trinajstić information content (AvgIpc) is 2.43. The van der Waals surface area contributed by atoms with Crippen LogP contribution in [-0.4, -0.2) is 36.5 Å². The summed E-state index contributed by atoms with van der Waals surface area (Å²) in [6.07, 6.45) is 1.97. The third-order valence-electron chi connectivity index (χ3n) is 3.90. The summed E-state index contributed by atoms with van der Waals surface area (Å²) in [6, 6.07) is 6.05. The summed E-state index contributed by atoms with van der Waals surface area (Å²) >= 11 is 0. The first-order valence-corrected chi connectivity index (χ1v) is 7.12. The fourth-order valence-corrected chi connectivity index (χ4v) is 2.64. The first-order chi connectivity index (χ1) is 9.58. The number of benzene rings is 1. The van der Waals surface area contributed by atoms with Crippen LogP contribution in [0.3, 0.4) is 0 Å². The minimum Gasteiger partial charge on any atom is -0.327 e. The second kappa shape index (κ2) is 6.81. The minimum absolute atomic E-state index is 0.0677. The van der Waals surface area contributed by atoms with Crippen molar-refractivity contribution in [1.29, 1.82) is 0 Å². The molecule has 110 valence electrons. The van der Waals surface area contributed by atoms with E-state index in [0.29, 0.717) is 18.2 Å². The highest BCUT2D eigenvalue weighted by molar-refractivity contribution is 5.92. The molecule has 1 aromatic carbocycles. The van der Waals surface area contributed by atoms with Gasteiger partial charge in [-0.2, -0.15) is 0 Å². The molecule has 2 rings (SSSR count). The van der Waals surface area contributed by atoms with Gasteiger partial charge in [0.25, 0.3) is 0 Å². The molecule has 1 heterocycles. The van der Waals surface area contributed by atoms with Gasteiger partial charge in [0, 0.05) is 24.8 Å². The van der Waals surface area contributed by atoms with E-state index in [2.05, 4.69) is 17.1 Å². The first kappa shape index (κ1) is 14.9. The summed E-state index contributed by atoms with van der Waals surface area (Å²) in [6.45, 7) is 4.22. The molecule has 1 saturated heterocycles. The molecule has 0 saturated carbocycles. The number of amides is 1. The van der Waals surface area contributed by atoms with E-state index in [0.717, 1.165) is 25.9 Å². The van der Waals surface area contributed by atoms with Crippen molar-refractivity contribution >= 4 is 11.6 Å². The maximum Gasteiger partial charge on any atom is 0.238 e. The van der Waals surface area contributed by atoms with Gasteiger partial charge in [-0.05, 0) is 36.6 Å². The van der Waals surface area contributed by atoms with E-state index in [1.54, 1.807) is 12.1 Å². The third kappa shape index (κ3) is 4.02. The van der Waals surface area contributed by atoms with E-state index < -0.39 is 0 Å². The number of likely N-dealkylation sites (tertiary alicyclic amines) is 1. The molecule has 0 spiro atoms. The summed E-state index contributed by atoms with van der Waals surface area (Å²) in [5.74, 6) is 0.0862. The number of nitrogens with zero attached hydrogens (tertiary/aromatic N) is 1. The lowest BCUT2D eigenvalue weighted by molar-refractivity contribution is -0.117. The number of hydrogen-bond acceptors (Lipinski definition) is 3. The smallest absolute Gasteiger partial charge is 0.238 e. The lowest BCUT2D eigenvalue weighted by Gasteiger charge is -2.36. The van der Waals surface area contributed by atoms with Crippen molar-refractivity contribution in [2.45, 2.75) is 25.8 Å². The number of nitrogens with one attached hydrogen (secondary N) is 1. The number of rotatable bonds is 4. The van der Waals surface area contributed by atoms with Crippen molar-refractivity contribution < 1.29 is 9.18 Å². The van der Waals surface area contributed by atoms with Gasteiger partial charge in [-0.15, -0.1) is 0 Å². The van der Waals surface area contributed by atoms with Crippen LogP contribution in [0.1, 0.15) is 19.8 Å². The van der Waals surface area contributed by atoms with Gasteiger partial charge in [-0.1, -0.05) is 13.3 Å². The standard InChI is InChI=1S/C15H22FN3O/c1-2-11-9-19(8-7-14(11)17)10-15(20)18-13-5-3-12(16)4-6-13/h3-6,11,14H,2,7-10,17H2,1H3,(H,18,20). The highest BCUT2D eigenvalue weighted by Gasteiger charge is 2.26. The number of carbonyl (C=O) groups is 1. The van der Waals surface area contributed by atoms with Crippen molar-refractivity contribution in [3.63, 3.8) is 0 Å². The maximum atomic E-state index is 12.8. The highest BCUT2D eigenvalue weighted by Crippen LogP contribution is 2.18. The molecule has 0 bridgehead atoms. The number of anilines is 1. The molecule has 1 aliphatic heterocycles. The lowest BCUT2D eigenvalue weighted by Crippen LogP contribution is -2.48.